The lowest BCUT2D eigenvalue weighted by Gasteiger charge is -2.22. The van der Waals surface area contributed by atoms with E-state index >= 15 is 0 Å². The van der Waals surface area contributed by atoms with Crippen LogP contribution < -0.4 is 19.9 Å². The van der Waals surface area contributed by atoms with Gasteiger partial charge in [0.2, 0.25) is 0 Å². The minimum atomic E-state index is -0.593. The zero-order chi connectivity index (χ0) is 19.0. The van der Waals surface area contributed by atoms with Gasteiger partial charge in [-0.15, -0.1) is 0 Å². The Kier molecular flexibility index (Phi) is 4.59. The van der Waals surface area contributed by atoms with Crippen LogP contribution in [0.5, 0.6) is 5.75 Å². The van der Waals surface area contributed by atoms with E-state index in [2.05, 4.69) is 5.32 Å². The van der Waals surface area contributed by atoms with Gasteiger partial charge >= 0.3 is 6.03 Å². The number of hydrogen-bond acceptors (Lipinski definition) is 3. The second-order valence-electron chi connectivity index (χ2n) is 6.87. The van der Waals surface area contributed by atoms with Crippen molar-refractivity contribution in [3.05, 3.63) is 53.6 Å². The van der Waals surface area contributed by atoms with Crippen molar-refractivity contribution in [2.24, 2.45) is 0 Å². The Morgan fingerprint density at radius 2 is 1.96 bits per heavy atom. The molecular weight excluding hydrogens is 352 g/mol. The summed E-state index contributed by atoms with van der Waals surface area (Å²) in [6.45, 7) is 1.73. The van der Waals surface area contributed by atoms with Crippen molar-refractivity contribution in [3.63, 3.8) is 0 Å². The maximum atomic E-state index is 14.0. The molecule has 27 heavy (non-hydrogen) atoms. The number of halogens is 2. The standard InChI is InChI=1S/C20H21F2N3O2/c1-27-16-3-5-18-13(10-16)6-9-25(18)20(26)23-15-7-8-24(12-15)19-4-2-14(21)11-17(19)22/h2-5,10-11,15H,6-9,12H2,1H3,(H,23,26). The van der Waals surface area contributed by atoms with Gasteiger partial charge in [-0.25, -0.2) is 13.6 Å². The number of anilines is 2. The molecule has 0 bridgehead atoms. The molecule has 2 aliphatic rings. The van der Waals surface area contributed by atoms with E-state index in [9.17, 15) is 13.6 Å². The van der Waals surface area contributed by atoms with Crippen LogP contribution in [-0.2, 0) is 6.42 Å². The van der Waals surface area contributed by atoms with Crippen molar-refractivity contribution < 1.29 is 18.3 Å². The molecule has 142 valence electrons. The van der Waals surface area contributed by atoms with Crippen LogP contribution in [0.4, 0.5) is 25.0 Å². The first-order chi connectivity index (χ1) is 13.0. The first-order valence-corrected chi connectivity index (χ1v) is 9.00. The second-order valence-corrected chi connectivity index (χ2v) is 6.87. The fourth-order valence-electron chi connectivity index (χ4n) is 3.80. The maximum absolute atomic E-state index is 14.0. The number of carbonyl (C=O) groups excluding carboxylic acids is 1. The Balaban J connectivity index is 1.40. The van der Waals surface area contributed by atoms with Crippen molar-refractivity contribution in [1.29, 1.82) is 0 Å². The third kappa shape index (κ3) is 3.41. The van der Waals surface area contributed by atoms with Crippen molar-refractivity contribution in [2.45, 2.75) is 18.9 Å². The number of nitrogens with zero attached hydrogens (tertiary/aromatic N) is 2. The van der Waals surface area contributed by atoms with Crippen molar-refractivity contribution in [1.82, 2.24) is 5.32 Å². The zero-order valence-corrected chi connectivity index (χ0v) is 15.0. The molecule has 0 spiro atoms. The molecule has 1 unspecified atom stereocenters. The smallest absolute Gasteiger partial charge is 0.322 e. The van der Waals surface area contributed by atoms with Gasteiger partial charge in [0.05, 0.1) is 12.8 Å². The third-order valence-corrected chi connectivity index (χ3v) is 5.19. The average Bonchev–Trinajstić information content (AvgIpc) is 3.28. The summed E-state index contributed by atoms with van der Waals surface area (Å²) in [7, 11) is 1.62. The molecule has 1 atom stereocenters. The van der Waals surface area contributed by atoms with Gasteiger partial charge in [0, 0.05) is 37.4 Å². The van der Waals surface area contributed by atoms with E-state index in [0.717, 1.165) is 29.5 Å². The normalized spacial score (nSPS) is 18.6. The van der Waals surface area contributed by atoms with Crippen LogP contribution in [0.3, 0.4) is 0 Å². The van der Waals surface area contributed by atoms with Crippen LogP contribution in [0.1, 0.15) is 12.0 Å². The van der Waals surface area contributed by atoms with Crippen LogP contribution >= 0.6 is 0 Å². The van der Waals surface area contributed by atoms with Gasteiger partial charge in [-0.05, 0) is 48.7 Å². The predicted octanol–water partition coefficient (Wildman–Crippen LogP) is 3.32. The minimum Gasteiger partial charge on any atom is -0.497 e. The van der Waals surface area contributed by atoms with E-state index < -0.39 is 11.6 Å². The molecule has 7 heteroatoms. The quantitative estimate of drug-likeness (QED) is 0.898. The van der Waals surface area contributed by atoms with Gasteiger partial charge in [-0.3, -0.25) is 4.90 Å². The molecule has 1 saturated heterocycles. The number of hydrogen-bond donors (Lipinski definition) is 1. The molecule has 5 nitrogen and oxygen atoms in total. The van der Waals surface area contributed by atoms with Crippen molar-refractivity contribution >= 4 is 17.4 Å². The molecule has 2 aromatic rings. The molecule has 0 saturated carbocycles. The number of carbonyl (C=O) groups is 1. The number of urea groups is 1. The van der Waals surface area contributed by atoms with E-state index in [1.54, 1.807) is 12.0 Å². The monoisotopic (exact) mass is 373 g/mol. The van der Waals surface area contributed by atoms with Crippen LogP contribution in [0.25, 0.3) is 0 Å². The summed E-state index contributed by atoms with van der Waals surface area (Å²) in [6.07, 6.45) is 1.50. The molecule has 0 aromatic heterocycles. The Labute approximate surface area is 156 Å². The Morgan fingerprint density at radius 3 is 2.74 bits per heavy atom. The molecule has 4 rings (SSSR count). The summed E-state index contributed by atoms with van der Waals surface area (Å²) < 4.78 is 32.3. The van der Waals surface area contributed by atoms with Gasteiger partial charge in [0.25, 0.3) is 0 Å². The number of fused-ring (bicyclic) bond motifs is 1. The fourth-order valence-corrected chi connectivity index (χ4v) is 3.80. The van der Waals surface area contributed by atoms with Gasteiger partial charge in [0.15, 0.2) is 0 Å². The summed E-state index contributed by atoms with van der Waals surface area (Å²) in [5.74, 6) is -0.391. The summed E-state index contributed by atoms with van der Waals surface area (Å²) in [6, 6.07) is 9.05. The van der Waals surface area contributed by atoms with Gasteiger partial charge in [0.1, 0.15) is 17.4 Å². The van der Waals surface area contributed by atoms with Crippen LogP contribution in [0, 0.1) is 11.6 Å². The van der Waals surface area contributed by atoms with E-state index in [1.807, 2.05) is 23.1 Å². The summed E-state index contributed by atoms with van der Waals surface area (Å²) in [5, 5.41) is 3.04. The fraction of sp³-hybridized carbons (Fsp3) is 0.350. The zero-order valence-electron chi connectivity index (χ0n) is 15.0. The highest BCUT2D eigenvalue weighted by Crippen LogP contribution is 2.31. The Hall–Kier alpha value is -2.83. The number of benzene rings is 2. The van der Waals surface area contributed by atoms with Crippen molar-refractivity contribution in [2.75, 3.05) is 36.5 Å². The molecule has 1 N–H and O–H groups in total. The molecule has 2 aliphatic heterocycles. The molecule has 2 heterocycles. The van der Waals surface area contributed by atoms with E-state index in [4.69, 9.17) is 4.74 Å². The first kappa shape index (κ1) is 17.6. The highest BCUT2D eigenvalue weighted by atomic mass is 19.1. The van der Waals surface area contributed by atoms with Gasteiger partial charge < -0.3 is 15.0 Å². The predicted molar refractivity (Wildman–Crippen MR) is 99.6 cm³/mol. The lowest BCUT2D eigenvalue weighted by molar-refractivity contribution is 0.244. The number of methoxy groups -OCH3 is 1. The van der Waals surface area contributed by atoms with Crippen LogP contribution in [0.15, 0.2) is 36.4 Å². The third-order valence-electron chi connectivity index (χ3n) is 5.19. The number of nitrogens with one attached hydrogen (secondary N) is 1. The van der Waals surface area contributed by atoms with Crippen molar-refractivity contribution in [3.8, 4) is 5.75 Å². The number of ether oxygens (including phenoxy) is 1. The summed E-state index contributed by atoms with van der Waals surface area (Å²) in [4.78, 5) is 16.3. The average molecular weight is 373 g/mol. The first-order valence-electron chi connectivity index (χ1n) is 9.00. The van der Waals surface area contributed by atoms with E-state index in [0.29, 0.717) is 31.7 Å². The SMILES string of the molecule is COc1ccc2c(c1)CCN2C(=O)NC1CCN(c2ccc(F)cc2F)C1. The van der Waals surface area contributed by atoms with Crippen LogP contribution in [-0.4, -0.2) is 38.8 Å². The topological polar surface area (TPSA) is 44.8 Å². The molecular formula is C20H21F2N3O2. The lowest BCUT2D eigenvalue weighted by atomic mass is 10.1. The van der Waals surface area contributed by atoms with Crippen LogP contribution in [0.2, 0.25) is 0 Å². The molecule has 0 radical (unpaired) electrons. The highest BCUT2D eigenvalue weighted by Gasteiger charge is 2.30. The van der Waals surface area contributed by atoms with Gasteiger partial charge in [-0.2, -0.15) is 0 Å². The highest BCUT2D eigenvalue weighted by molar-refractivity contribution is 5.94. The Bertz CT molecular complexity index is 874. The summed E-state index contributed by atoms with van der Waals surface area (Å²) >= 11 is 0. The van der Waals surface area contributed by atoms with E-state index in [-0.39, 0.29) is 12.1 Å². The maximum Gasteiger partial charge on any atom is 0.322 e. The molecule has 2 aromatic carbocycles. The lowest BCUT2D eigenvalue weighted by Crippen LogP contribution is -2.45. The largest absolute Gasteiger partial charge is 0.497 e. The molecule has 1 fully saturated rings. The number of rotatable bonds is 3. The molecule has 0 aliphatic carbocycles. The second kappa shape index (κ2) is 7.06. The van der Waals surface area contributed by atoms with E-state index in [1.165, 1.54) is 12.1 Å². The summed E-state index contributed by atoms with van der Waals surface area (Å²) in [5.41, 5.74) is 2.35. The molecule has 2 amide bonds. The Morgan fingerprint density at radius 1 is 1.15 bits per heavy atom. The van der Waals surface area contributed by atoms with Gasteiger partial charge in [-0.1, -0.05) is 0 Å². The number of amides is 2. The minimum absolute atomic E-state index is 0.0794.